The van der Waals surface area contributed by atoms with Crippen LogP contribution in [-0.2, 0) is 5.41 Å². The molecule has 0 radical (unpaired) electrons. The van der Waals surface area contributed by atoms with Gasteiger partial charge in [-0.05, 0) is 60.4 Å². The summed E-state index contributed by atoms with van der Waals surface area (Å²) in [5, 5.41) is 4.90. The second-order valence-electron chi connectivity index (χ2n) is 13.6. The second kappa shape index (κ2) is 12.1. The highest BCUT2D eigenvalue weighted by Crippen LogP contribution is 2.37. The van der Waals surface area contributed by atoms with Crippen molar-refractivity contribution in [3.8, 4) is 40.1 Å². The Kier molecular flexibility index (Phi) is 8.19. The fraction of sp³-hybridized carbons (Fsp3) is 0.308. The Bertz CT molecular complexity index is 2010. The molecule has 0 unspecified atom stereocenters. The van der Waals surface area contributed by atoms with Gasteiger partial charge in [0.2, 0.25) is 11.8 Å². The zero-order valence-electron chi connectivity index (χ0n) is 28.3. The van der Waals surface area contributed by atoms with E-state index in [2.05, 4.69) is 96.0 Å². The first kappa shape index (κ1) is 31.1. The first-order valence-corrected chi connectivity index (χ1v) is 16.0. The summed E-state index contributed by atoms with van der Waals surface area (Å²) in [6.45, 7) is 19.4. The van der Waals surface area contributed by atoms with Gasteiger partial charge >= 0.3 is 0 Å². The van der Waals surface area contributed by atoms with Gasteiger partial charge in [0.25, 0.3) is 0 Å². The smallest absolute Gasteiger partial charge is 0.221 e. The van der Waals surface area contributed by atoms with Gasteiger partial charge in [0.1, 0.15) is 17.1 Å². The van der Waals surface area contributed by atoms with E-state index in [1.165, 1.54) is 0 Å². The van der Waals surface area contributed by atoms with Crippen molar-refractivity contribution in [3.05, 3.63) is 113 Å². The lowest BCUT2D eigenvalue weighted by atomic mass is 9.88. The minimum absolute atomic E-state index is 0.0391. The Balaban J connectivity index is 1.42. The monoisotopic (exact) mass is 613 g/mol. The van der Waals surface area contributed by atoms with E-state index < -0.39 is 0 Å². The predicted octanol–water partition coefficient (Wildman–Crippen LogP) is 10.3. The van der Waals surface area contributed by atoms with Crippen LogP contribution in [0.5, 0.6) is 23.3 Å². The number of fused-ring (bicyclic) bond motifs is 1. The lowest BCUT2D eigenvalue weighted by Gasteiger charge is -2.20. The number of benzene rings is 2. The first-order valence-electron chi connectivity index (χ1n) is 16.0. The van der Waals surface area contributed by atoms with Gasteiger partial charge in [0, 0.05) is 41.7 Å². The molecule has 0 bridgehead atoms. The van der Waals surface area contributed by atoms with E-state index in [9.17, 15) is 0 Å². The summed E-state index contributed by atoms with van der Waals surface area (Å²) in [6, 6.07) is 26.3. The summed E-state index contributed by atoms with van der Waals surface area (Å²) in [6.07, 6.45) is 1.80. The zero-order chi connectivity index (χ0) is 32.7. The molecule has 7 nitrogen and oxygen atoms in total. The number of rotatable bonds is 8. The Morgan fingerprint density at radius 2 is 1.52 bits per heavy atom. The number of nitrogens with zero attached hydrogens (tertiary/aromatic N) is 5. The molecule has 0 spiro atoms. The Morgan fingerprint density at radius 1 is 0.761 bits per heavy atom. The molecule has 4 heterocycles. The molecule has 0 saturated heterocycles. The third kappa shape index (κ3) is 6.02. The van der Waals surface area contributed by atoms with Crippen LogP contribution in [0, 0.1) is 13.8 Å². The van der Waals surface area contributed by atoms with Crippen LogP contribution in [0.4, 0.5) is 0 Å². The average Bonchev–Trinajstić information content (AvgIpc) is 3.55. The van der Waals surface area contributed by atoms with Gasteiger partial charge < -0.3 is 9.47 Å². The molecule has 0 aliphatic rings. The van der Waals surface area contributed by atoms with Gasteiger partial charge in [0.15, 0.2) is 0 Å². The van der Waals surface area contributed by atoms with Crippen molar-refractivity contribution in [3.63, 3.8) is 0 Å². The van der Waals surface area contributed by atoms with E-state index in [1.54, 1.807) is 6.20 Å². The lowest BCUT2D eigenvalue weighted by molar-refractivity contribution is 0.423. The Hall–Kier alpha value is -4.91. The van der Waals surface area contributed by atoms with Crippen LogP contribution in [0.1, 0.15) is 88.6 Å². The highest BCUT2D eigenvalue weighted by atomic mass is 16.5. The predicted molar refractivity (Wildman–Crippen MR) is 185 cm³/mol. The van der Waals surface area contributed by atoms with Gasteiger partial charge in [0.05, 0.1) is 22.8 Å². The van der Waals surface area contributed by atoms with E-state index in [0.717, 1.165) is 50.8 Å². The minimum Gasteiger partial charge on any atom is -0.457 e. The van der Waals surface area contributed by atoms with Gasteiger partial charge in [-0.1, -0.05) is 84.9 Å². The standard InChI is InChI=1S/C39H43N5O2/c1-24(2)37-38(25(3)4)43-33(41-37)22-32(23-35(43)46-34-20-29(18-19-40-34)39(7,8)9)45-31-17-13-16-30(21-31)44-27(6)36(26(5)42-44)28-14-11-10-12-15-28/h10-25H,1-9H3. The van der Waals surface area contributed by atoms with E-state index in [0.29, 0.717) is 23.3 Å². The summed E-state index contributed by atoms with van der Waals surface area (Å²) in [5.41, 5.74) is 9.33. The van der Waals surface area contributed by atoms with Crippen LogP contribution in [0.25, 0.3) is 22.5 Å². The van der Waals surface area contributed by atoms with Gasteiger partial charge in [-0.25, -0.2) is 14.6 Å². The molecule has 6 rings (SSSR count). The van der Waals surface area contributed by atoms with Crippen LogP contribution < -0.4 is 9.47 Å². The highest BCUT2D eigenvalue weighted by Gasteiger charge is 2.23. The maximum Gasteiger partial charge on any atom is 0.221 e. The number of hydrogen-bond acceptors (Lipinski definition) is 5. The van der Waals surface area contributed by atoms with Gasteiger partial charge in [-0.15, -0.1) is 0 Å². The second-order valence-corrected chi connectivity index (χ2v) is 13.6. The van der Waals surface area contributed by atoms with Crippen molar-refractivity contribution in [2.75, 3.05) is 0 Å². The van der Waals surface area contributed by atoms with Crippen LogP contribution >= 0.6 is 0 Å². The maximum atomic E-state index is 6.57. The van der Waals surface area contributed by atoms with Gasteiger partial charge in [-0.3, -0.25) is 4.40 Å². The zero-order valence-corrected chi connectivity index (χ0v) is 28.3. The Morgan fingerprint density at radius 3 is 2.22 bits per heavy atom. The normalized spacial score (nSPS) is 12.0. The molecule has 236 valence electrons. The fourth-order valence-corrected chi connectivity index (χ4v) is 6.04. The first-order chi connectivity index (χ1) is 21.9. The molecule has 0 aliphatic carbocycles. The van der Waals surface area contributed by atoms with Crippen molar-refractivity contribution in [2.24, 2.45) is 0 Å². The molecule has 4 aromatic heterocycles. The molecule has 2 aromatic carbocycles. The minimum atomic E-state index is -0.0391. The molecule has 46 heavy (non-hydrogen) atoms. The lowest BCUT2D eigenvalue weighted by Crippen LogP contribution is -2.11. The van der Waals surface area contributed by atoms with Crippen LogP contribution in [-0.4, -0.2) is 24.1 Å². The molecule has 7 heteroatoms. The average molecular weight is 614 g/mol. The maximum absolute atomic E-state index is 6.57. The van der Waals surface area contributed by atoms with Crippen molar-refractivity contribution >= 4 is 5.65 Å². The fourth-order valence-electron chi connectivity index (χ4n) is 6.04. The van der Waals surface area contributed by atoms with Gasteiger partial charge in [-0.2, -0.15) is 5.10 Å². The summed E-state index contributed by atoms with van der Waals surface area (Å²) in [4.78, 5) is 9.64. The molecule has 0 amide bonds. The van der Waals surface area contributed by atoms with Crippen LogP contribution in [0.15, 0.2) is 85.1 Å². The van der Waals surface area contributed by atoms with Crippen molar-refractivity contribution in [2.45, 2.75) is 79.6 Å². The molecule has 0 aliphatic heterocycles. The third-order valence-electron chi connectivity index (χ3n) is 8.28. The summed E-state index contributed by atoms with van der Waals surface area (Å²) in [5.74, 6) is 2.93. The molecule has 0 atom stereocenters. The molecular weight excluding hydrogens is 570 g/mol. The largest absolute Gasteiger partial charge is 0.457 e. The quantitative estimate of drug-likeness (QED) is 0.171. The number of aryl methyl sites for hydroxylation is 1. The topological polar surface area (TPSA) is 66.5 Å². The van der Waals surface area contributed by atoms with E-state index in [-0.39, 0.29) is 17.3 Å². The SMILES string of the molecule is Cc1nn(-c2cccc(Oc3cc(Oc4cc(C(C)(C)C)ccn4)n4c(C(C)C)c(C(C)C)nc4c3)c2)c(C)c1-c1ccccc1. The third-order valence-corrected chi connectivity index (χ3v) is 8.28. The summed E-state index contributed by atoms with van der Waals surface area (Å²) in [7, 11) is 0. The van der Waals surface area contributed by atoms with Crippen molar-refractivity contribution in [1.29, 1.82) is 0 Å². The molecular formula is C39H43N5O2. The van der Waals surface area contributed by atoms with Crippen LogP contribution in [0.2, 0.25) is 0 Å². The highest BCUT2D eigenvalue weighted by molar-refractivity contribution is 5.69. The van der Waals surface area contributed by atoms with E-state index >= 15 is 0 Å². The van der Waals surface area contributed by atoms with Crippen LogP contribution in [0.3, 0.4) is 0 Å². The van der Waals surface area contributed by atoms with E-state index in [4.69, 9.17) is 19.6 Å². The number of pyridine rings is 2. The number of ether oxygens (including phenoxy) is 2. The Labute approximate surface area is 271 Å². The van der Waals surface area contributed by atoms with Crippen molar-refractivity contribution in [1.82, 2.24) is 24.1 Å². The van der Waals surface area contributed by atoms with E-state index in [1.807, 2.05) is 59.3 Å². The number of aromatic nitrogens is 5. The summed E-state index contributed by atoms with van der Waals surface area (Å²) >= 11 is 0. The molecule has 0 N–H and O–H groups in total. The number of hydrogen-bond donors (Lipinski definition) is 0. The molecule has 6 aromatic rings. The van der Waals surface area contributed by atoms with Crippen molar-refractivity contribution < 1.29 is 9.47 Å². The molecule has 0 fully saturated rings. The molecule has 0 saturated carbocycles. The number of imidazole rings is 1. The summed E-state index contributed by atoms with van der Waals surface area (Å²) < 4.78 is 17.2.